The average Bonchev–Trinajstić information content (AvgIpc) is 2.74. The Bertz CT molecular complexity index is 539. The first-order valence-corrected chi connectivity index (χ1v) is 6.49. The SMILES string of the molecule is Cn1cc(CN2CC(S(=O)(=O)F)CC2=O)cn1. The first kappa shape index (κ1) is 12.0. The van der Waals surface area contributed by atoms with Crippen molar-refractivity contribution in [3.05, 3.63) is 18.0 Å². The van der Waals surface area contributed by atoms with E-state index in [1.807, 2.05) is 0 Å². The van der Waals surface area contributed by atoms with E-state index in [9.17, 15) is 17.1 Å². The third-order valence-electron chi connectivity index (χ3n) is 2.71. The van der Waals surface area contributed by atoms with Crippen molar-refractivity contribution in [3.63, 3.8) is 0 Å². The molecule has 8 heteroatoms. The molecule has 1 saturated heterocycles. The monoisotopic (exact) mass is 261 g/mol. The molecule has 17 heavy (non-hydrogen) atoms. The minimum atomic E-state index is -4.64. The van der Waals surface area contributed by atoms with Gasteiger partial charge in [0, 0.05) is 38.3 Å². The maximum atomic E-state index is 12.8. The Balaban J connectivity index is 2.07. The van der Waals surface area contributed by atoms with Gasteiger partial charge in [0.15, 0.2) is 0 Å². The molecule has 1 amide bonds. The van der Waals surface area contributed by atoms with Crippen LogP contribution in [0.25, 0.3) is 0 Å². The summed E-state index contributed by atoms with van der Waals surface area (Å²) in [6.07, 6.45) is 3.04. The number of halogens is 1. The van der Waals surface area contributed by atoms with Crippen molar-refractivity contribution >= 4 is 16.1 Å². The van der Waals surface area contributed by atoms with Crippen molar-refractivity contribution in [2.24, 2.45) is 7.05 Å². The summed E-state index contributed by atoms with van der Waals surface area (Å²) in [6, 6.07) is 0. The van der Waals surface area contributed by atoms with E-state index in [4.69, 9.17) is 0 Å². The highest BCUT2D eigenvalue weighted by molar-refractivity contribution is 7.87. The van der Waals surface area contributed by atoms with Gasteiger partial charge < -0.3 is 4.90 Å². The fourth-order valence-corrected chi connectivity index (χ4v) is 2.55. The summed E-state index contributed by atoms with van der Waals surface area (Å²) < 4.78 is 35.8. The van der Waals surface area contributed by atoms with Gasteiger partial charge in [-0.05, 0) is 0 Å². The molecule has 2 rings (SSSR count). The summed E-state index contributed by atoms with van der Waals surface area (Å²) in [7, 11) is -2.90. The van der Waals surface area contributed by atoms with Crippen LogP contribution in [0, 0.1) is 0 Å². The quantitative estimate of drug-likeness (QED) is 0.708. The van der Waals surface area contributed by atoms with E-state index in [2.05, 4.69) is 5.10 Å². The largest absolute Gasteiger partial charge is 0.337 e. The van der Waals surface area contributed by atoms with Crippen LogP contribution in [-0.4, -0.2) is 40.8 Å². The molecular weight excluding hydrogens is 249 g/mol. The molecule has 6 nitrogen and oxygen atoms in total. The molecule has 1 aromatic heterocycles. The van der Waals surface area contributed by atoms with E-state index in [1.54, 1.807) is 24.1 Å². The summed E-state index contributed by atoms with van der Waals surface area (Å²) in [4.78, 5) is 12.8. The maximum Gasteiger partial charge on any atom is 0.307 e. The lowest BCUT2D eigenvalue weighted by Crippen LogP contribution is -2.26. The van der Waals surface area contributed by atoms with Crippen LogP contribution in [-0.2, 0) is 28.6 Å². The van der Waals surface area contributed by atoms with Crippen molar-refractivity contribution in [2.45, 2.75) is 18.2 Å². The molecule has 0 N–H and O–H groups in total. The molecular formula is C9H12FN3O3S. The lowest BCUT2D eigenvalue weighted by molar-refractivity contribution is -0.128. The molecule has 1 aliphatic heterocycles. The van der Waals surface area contributed by atoms with Gasteiger partial charge in [0.2, 0.25) is 5.91 Å². The number of aromatic nitrogens is 2. The standard InChI is InChI=1S/C9H12FN3O3S/c1-12-4-7(3-11-12)5-13-6-8(2-9(13)14)17(10,15)16/h3-4,8H,2,5-6H2,1H3. The molecule has 2 heterocycles. The van der Waals surface area contributed by atoms with E-state index in [0.29, 0.717) is 0 Å². The predicted octanol–water partition coefficient (Wildman–Crippen LogP) is -0.180. The van der Waals surface area contributed by atoms with Gasteiger partial charge in [-0.25, -0.2) is 0 Å². The van der Waals surface area contributed by atoms with Crippen molar-refractivity contribution in [1.29, 1.82) is 0 Å². The highest BCUT2D eigenvalue weighted by Crippen LogP contribution is 2.21. The van der Waals surface area contributed by atoms with Crippen LogP contribution in [0.3, 0.4) is 0 Å². The summed E-state index contributed by atoms with van der Waals surface area (Å²) in [5.41, 5.74) is 0.790. The fourth-order valence-electron chi connectivity index (χ4n) is 1.85. The zero-order valence-electron chi connectivity index (χ0n) is 9.21. The third-order valence-corrected chi connectivity index (χ3v) is 3.82. The Kier molecular flexibility index (Phi) is 2.90. The molecule has 0 radical (unpaired) electrons. The van der Waals surface area contributed by atoms with Crippen molar-refractivity contribution in [2.75, 3.05) is 6.54 Å². The van der Waals surface area contributed by atoms with Gasteiger partial charge in [-0.15, -0.1) is 3.89 Å². The number of hydrogen-bond donors (Lipinski definition) is 0. The predicted molar refractivity (Wildman–Crippen MR) is 57.1 cm³/mol. The van der Waals surface area contributed by atoms with Crippen LogP contribution in [0.2, 0.25) is 0 Å². The lowest BCUT2D eigenvalue weighted by atomic mass is 10.3. The molecule has 0 bridgehead atoms. The van der Waals surface area contributed by atoms with Crippen molar-refractivity contribution in [3.8, 4) is 0 Å². The average molecular weight is 261 g/mol. The summed E-state index contributed by atoms with van der Waals surface area (Å²) in [5, 5.41) is 2.71. The number of aryl methyl sites for hydroxylation is 1. The zero-order valence-corrected chi connectivity index (χ0v) is 10.0. The molecule has 0 saturated carbocycles. The molecule has 94 valence electrons. The number of carbonyl (C=O) groups is 1. The number of hydrogen-bond acceptors (Lipinski definition) is 4. The topological polar surface area (TPSA) is 72.3 Å². The van der Waals surface area contributed by atoms with Gasteiger partial charge in [-0.2, -0.15) is 13.5 Å². The summed E-state index contributed by atoms with van der Waals surface area (Å²) in [6.45, 7) is 0.172. The van der Waals surface area contributed by atoms with Gasteiger partial charge >= 0.3 is 10.2 Å². The number of likely N-dealkylation sites (tertiary alicyclic amines) is 1. The van der Waals surface area contributed by atoms with Crippen molar-refractivity contribution < 1.29 is 17.1 Å². The highest BCUT2D eigenvalue weighted by atomic mass is 32.3. The molecule has 1 unspecified atom stereocenters. The van der Waals surface area contributed by atoms with Crippen LogP contribution >= 0.6 is 0 Å². The van der Waals surface area contributed by atoms with Crippen LogP contribution < -0.4 is 0 Å². The first-order valence-electron chi connectivity index (χ1n) is 5.05. The van der Waals surface area contributed by atoms with E-state index in [0.717, 1.165) is 5.56 Å². The summed E-state index contributed by atoms with van der Waals surface area (Å²) in [5.74, 6) is -0.347. The Morgan fingerprint density at radius 1 is 1.59 bits per heavy atom. The molecule has 0 aliphatic carbocycles. The molecule has 1 fully saturated rings. The molecule has 0 spiro atoms. The van der Waals surface area contributed by atoms with E-state index in [1.165, 1.54) is 4.90 Å². The van der Waals surface area contributed by atoms with E-state index in [-0.39, 0.29) is 25.4 Å². The van der Waals surface area contributed by atoms with Crippen LogP contribution in [0.5, 0.6) is 0 Å². The Labute approximate surface area is 98.2 Å². The second-order valence-electron chi connectivity index (χ2n) is 4.10. The van der Waals surface area contributed by atoms with Gasteiger partial charge in [0.05, 0.1) is 6.20 Å². The number of nitrogens with zero attached hydrogens (tertiary/aromatic N) is 3. The van der Waals surface area contributed by atoms with Crippen LogP contribution in [0.1, 0.15) is 12.0 Å². The molecule has 0 aromatic carbocycles. The minimum absolute atomic E-state index is 0.0907. The smallest absolute Gasteiger partial charge is 0.307 e. The fraction of sp³-hybridized carbons (Fsp3) is 0.556. The van der Waals surface area contributed by atoms with Crippen LogP contribution in [0.4, 0.5) is 3.89 Å². The highest BCUT2D eigenvalue weighted by Gasteiger charge is 2.38. The van der Waals surface area contributed by atoms with Crippen molar-refractivity contribution in [1.82, 2.24) is 14.7 Å². The number of amides is 1. The molecule has 1 atom stereocenters. The molecule has 1 aliphatic rings. The Hall–Kier alpha value is -1.44. The van der Waals surface area contributed by atoms with Gasteiger partial charge in [0.25, 0.3) is 0 Å². The second-order valence-corrected chi connectivity index (χ2v) is 5.72. The Morgan fingerprint density at radius 3 is 2.76 bits per heavy atom. The van der Waals surface area contributed by atoms with Gasteiger partial charge in [0.1, 0.15) is 5.25 Å². The van der Waals surface area contributed by atoms with E-state index < -0.39 is 15.5 Å². The first-order chi connectivity index (χ1) is 7.86. The number of rotatable bonds is 3. The van der Waals surface area contributed by atoms with Gasteiger partial charge in [-0.3, -0.25) is 9.48 Å². The maximum absolute atomic E-state index is 12.8. The number of carbonyl (C=O) groups excluding carboxylic acids is 1. The lowest BCUT2D eigenvalue weighted by Gasteiger charge is -2.14. The normalized spacial score (nSPS) is 21.2. The third kappa shape index (κ3) is 2.63. The van der Waals surface area contributed by atoms with Crippen LogP contribution in [0.15, 0.2) is 12.4 Å². The Morgan fingerprint density at radius 2 is 2.29 bits per heavy atom. The second kappa shape index (κ2) is 4.10. The van der Waals surface area contributed by atoms with Gasteiger partial charge in [-0.1, -0.05) is 0 Å². The molecule has 1 aromatic rings. The van der Waals surface area contributed by atoms with E-state index >= 15 is 0 Å². The minimum Gasteiger partial charge on any atom is -0.337 e. The summed E-state index contributed by atoms with van der Waals surface area (Å²) >= 11 is 0. The zero-order chi connectivity index (χ0) is 12.6.